The molecule has 5 heteroatoms. The zero-order valence-electron chi connectivity index (χ0n) is 12.1. The first-order chi connectivity index (χ1) is 10.0. The topological polar surface area (TPSA) is 64.3 Å². The smallest absolute Gasteiger partial charge is 0.309 e. The SMILES string of the molecule is CCCC1(C(=O)O)CCN(c2ccc(F)cc2C#N)CC1. The number of anilines is 1. The van der Waals surface area contributed by atoms with Gasteiger partial charge in [0.15, 0.2) is 0 Å². The van der Waals surface area contributed by atoms with Crippen molar-refractivity contribution in [2.45, 2.75) is 32.6 Å². The molecule has 1 aliphatic rings. The molecule has 1 heterocycles. The number of nitriles is 1. The molecule has 1 aliphatic heterocycles. The van der Waals surface area contributed by atoms with Gasteiger partial charge < -0.3 is 10.0 Å². The molecule has 112 valence electrons. The third-order valence-corrected chi connectivity index (χ3v) is 4.32. The van der Waals surface area contributed by atoms with Crippen molar-refractivity contribution in [3.05, 3.63) is 29.6 Å². The van der Waals surface area contributed by atoms with Crippen molar-refractivity contribution in [2.75, 3.05) is 18.0 Å². The summed E-state index contributed by atoms with van der Waals surface area (Å²) in [7, 11) is 0. The Labute approximate surface area is 123 Å². The molecule has 0 saturated carbocycles. The van der Waals surface area contributed by atoms with Crippen LogP contribution in [0.1, 0.15) is 38.2 Å². The minimum atomic E-state index is -0.733. The lowest BCUT2D eigenvalue weighted by Crippen LogP contribution is -2.44. The van der Waals surface area contributed by atoms with Crippen LogP contribution in [-0.2, 0) is 4.79 Å². The Morgan fingerprint density at radius 3 is 2.67 bits per heavy atom. The van der Waals surface area contributed by atoms with Crippen LogP contribution in [0, 0.1) is 22.6 Å². The summed E-state index contributed by atoms with van der Waals surface area (Å²) in [5.74, 6) is -1.17. The molecule has 21 heavy (non-hydrogen) atoms. The molecule has 0 spiro atoms. The van der Waals surface area contributed by atoms with Crippen LogP contribution in [0.25, 0.3) is 0 Å². The highest BCUT2D eigenvalue weighted by molar-refractivity contribution is 5.75. The average Bonchev–Trinajstić information content (AvgIpc) is 2.48. The monoisotopic (exact) mass is 290 g/mol. The molecular weight excluding hydrogens is 271 g/mol. The van der Waals surface area contributed by atoms with Gasteiger partial charge in [0.1, 0.15) is 11.9 Å². The van der Waals surface area contributed by atoms with Gasteiger partial charge in [0.25, 0.3) is 0 Å². The van der Waals surface area contributed by atoms with E-state index in [-0.39, 0.29) is 0 Å². The molecule has 1 aromatic rings. The first-order valence-electron chi connectivity index (χ1n) is 7.20. The summed E-state index contributed by atoms with van der Waals surface area (Å²) in [6.07, 6.45) is 2.62. The minimum absolute atomic E-state index is 0.299. The highest BCUT2D eigenvalue weighted by Crippen LogP contribution is 2.38. The van der Waals surface area contributed by atoms with Crippen molar-refractivity contribution in [2.24, 2.45) is 5.41 Å². The first kappa shape index (κ1) is 15.3. The third-order valence-electron chi connectivity index (χ3n) is 4.32. The third kappa shape index (κ3) is 2.99. The van der Waals surface area contributed by atoms with E-state index in [4.69, 9.17) is 5.26 Å². The van der Waals surface area contributed by atoms with Crippen LogP contribution in [0.2, 0.25) is 0 Å². The Hall–Kier alpha value is -2.09. The summed E-state index contributed by atoms with van der Waals surface area (Å²) in [4.78, 5) is 13.5. The van der Waals surface area contributed by atoms with Crippen LogP contribution in [0.3, 0.4) is 0 Å². The molecule has 0 radical (unpaired) electrons. The summed E-state index contributed by atoms with van der Waals surface area (Å²) in [5, 5.41) is 18.6. The Morgan fingerprint density at radius 1 is 1.48 bits per heavy atom. The quantitative estimate of drug-likeness (QED) is 0.925. The van der Waals surface area contributed by atoms with Crippen molar-refractivity contribution in [3.8, 4) is 6.07 Å². The standard InChI is InChI=1S/C16H19FN2O2/c1-2-5-16(15(20)21)6-8-19(9-7-16)14-4-3-13(17)10-12(14)11-18/h3-4,10H,2,5-9H2,1H3,(H,20,21). The zero-order valence-corrected chi connectivity index (χ0v) is 12.1. The second-order valence-corrected chi connectivity index (χ2v) is 5.60. The lowest BCUT2D eigenvalue weighted by atomic mass is 9.75. The van der Waals surface area contributed by atoms with E-state index < -0.39 is 17.2 Å². The van der Waals surface area contributed by atoms with Gasteiger partial charge in [0.2, 0.25) is 0 Å². The summed E-state index contributed by atoms with van der Waals surface area (Å²) < 4.78 is 13.2. The van der Waals surface area contributed by atoms with Gasteiger partial charge in [-0.1, -0.05) is 13.3 Å². The van der Waals surface area contributed by atoms with Gasteiger partial charge in [-0.25, -0.2) is 4.39 Å². The second-order valence-electron chi connectivity index (χ2n) is 5.60. The summed E-state index contributed by atoms with van der Waals surface area (Å²) in [5.41, 5.74) is 0.334. The fourth-order valence-corrected chi connectivity index (χ4v) is 3.10. The van der Waals surface area contributed by atoms with E-state index in [9.17, 15) is 14.3 Å². The van der Waals surface area contributed by atoms with Crippen LogP contribution in [0.4, 0.5) is 10.1 Å². The van der Waals surface area contributed by atoms with E-state index in [2.05, 4.69) is 0 Å². The molecule has 0 aromatic heterocycles. The molecule has 1 N–H and O–H groups in total. The molecule has 4 nitrogen and oxygen atoms in total. The van der Waals surface area contributed by atoms with E-state index in [0.29, 0.717) is 43.6 Å². The lowest BCUT2D eigenvalue weighted by molar-refractivity contribution is -0.150. The van der Waals surface area contributed by atoms with Crippen LogP contribution in [0.15, 0.2) is 18.2 Å². The van der Waals surface area contributed by atoms with Crippen LogP contribution in [0.5, 0.6) is 0 Å². The molecule has 0 atom stereocenters. The van der Waals surface area contributed by atoms with Gasteiger partial charge in [0, 0.05) is 13.1 Å². The van der Waals surface area contributed by atoms with Gasteiger partial charge in [-0.3, -0.25) is 4.79 Å². The predicted octanol–water partition coefficient (Wildman–Crippen LogP) is 3.17. The molecule has 1 fully saturated rings. The number of nitrogens with zero attached hydrogens (tertiary/aromatic N) is 2. The van der Waals surface area contributed by atoms with Crippen LogP contribution >= 0.6 is 0 Å². The number of rotatable bonds is 4. The fraction of sp³-hybridized carbons (Fsp3) is 0.500. The molecule has 0 unspecified atom stereocenters. The summed E-state index contributed by atoms with van der Waals surface area (Å²) >= 11 is 0. The van der Waals surface area contributed by atoms with Crippen molar-refractivity contribution in [3.63, 3.8) is 0 Å². The Bertz CT molecular complexity index is 572. The largest absolute Gasteiger partial charge is 0.481 e. The molecular formula is C16H19FN2O2. The molecule has 1 saturated heterocycles. The van der Waals surface area contributed by atoms with E-state index in [1.165, 1.54) is 12.1 Å². The van der Waals surface area contributed by atoms with Gasteiger partial charge >= 0.3 is 5.97 Å². The highest BCUT2D eigenvalue weighted by Gasteiger charge is 2.40. The van der Waals surface area contributed by atoms with Gasteiger partial charge in [0.05, 0.1) is 16.7 Å². The Balaban J connectivity index is 2.18. The predicted molar refractivity (Wildman–Crippen MR) is 77.5 cm³/mol. The van der Waals surface area contributed by atoms with Gasteiger partial charge in [-0.15, -0.1) is 0 Å². The number of benzene rings is 1. The minimum Gasteiger partial charge on any atom is -0.481 e. The number of halogens is 1. The van der Waals surface area contributed by atoms with Crippen molar-refractivity contribution in [1.29, 1.82) is 5.26 Å². The summed E-state index contributed by atoms with van der Waals surface area (Å²) in [6, 6.07) is 6.16. The number of carboxylic acid groups (broad SMARTS) is 1. The Morgan fingerprint density at radius 2 is 2.14 bits per heavy atom. The molecule has 1 aromatic carbocycles. The summed E-state index contributed by atoms with van der Waals surface area (Å²) in [6.45, 7) is 3.14. The first-order valence-corrected chi connectivity index (χ1v) is 7.20. The number of piperidine rings is 1. The molecule has 2 rings (SSSR count). The molecule has 0 aliphatic carbocycles. The number of hydrogen-bond donors (Lipinski definition) is 1. The van der Waals surface area contributed by atoms with Crippen molar-refractivity contribution >= 4 is 11.7 Å². The normalized spacial score (nSPS) is 17.3. The molecule has 0 amide bonds. The van der Waals surface area contributed by atoms with Crippen molar-refractivity contribution in [1.82, 2.24) is 0 Å². The Kier molecular flexibility index (Phi) is 4.46. The maximum absolute atomic E-state index is 13.2. The second kappa shape index (κ2) is 6.13. The highest BCUT2D eigenvalue weighted by atomic mass is 19.1. The van der Waals surface area contributed by atoms with Gasteiger partial charge in [-0.05, 0) is 37.5 Å². The van der Waals surface area contributed by atoms with Crippen LogP contribution < -0.4 is 4.90 Å². The van der Waals surface area contributed by atoms with Crippen LogP contribution in [-0.4, -0.2) is 24.2 Å². The maximum Gasteiger partial charge on any atom is 0.309 e. The number of aliphatic carboxylic acids is 1. The van der Waals surface area contributed by atoms with E-state index in [1.54, 1.807) is 6.07 Å². The molecule has 0 bridgehead atoms. The van der Waals surface area contributed by atoms with E-state index >= 15 is 0 Å². The number of carbonyl (C=O) groups is 1. The van der Waals surface area contributed by atoms with Crippen molar-refractivity contribution < 1.29 is 14.3 Å². The average molecular weight is 290 g/mol. The number of hydrogen-bond acceptors (Lipinski definition) is 3. The zero-order chi connectivity index (χ0) is 15.5. The maximum atomic E-state index is 13.2. The number of carboxylic acids is 1. The van der Waals surface area contributed by atoms with Gasteiger partial charge in [-0.2, -0.15) is 5.26 Å². The van der Waals surface area contributed by atoms with E-state index in [1.807, 2.05) is 17.9 Å². The fourth-order valence-electron chi connectivity index (χ4n) is 3.10. The van der Waals surface area contributed by atoms with E-state index in [0.717, 1.165) is 6.42 Å². The lowest BCUT2D eigenvalue weighted by Gasteiger charge is -2.40.